The summed E-state index contributed by atoms with van der Waals surface area (Å²) in [6.07, 6.45) is 0. The molecule has 0 saturated carbocycles. The molecular formula is C12H2Cl8. The lowest BCUT2D eigenvalue weighted by molar-refractivity contribution is 1.61. The Labute approximate surface area is 155 Å². The lowest BCUT2D eigenvalue weighted by atomic mass is 11.0. The van der Waals surface area contributed by atoms with E-state index in [9.17, 15) is 0 Å². The fourth-order valence-corrected chi connectivity index (χ4v) is 3.51. The fourth-order valence-electron chi connectivity index (χ4n) is 1.56. The van der Waals surface area contributed by atoms with E-state index in [1.807, 2.05) is 0 Å². The zero-order chi connectivity index (χ0) is 15.2. The Morgan fingerprint density at radius 2 is 0.800 bits per heavy atom. The van der Waals surface area contributed by atoms with Crippen LogP contribution in [0.1, 0.15) is 0 Å². The molecule has 20 heavy (non-hydrogen) atoms. The van der Waals surface area contributed by atoms with Gasteiger partial charge in [-0.3, -0.25) is 0 Å². The highest BCUT2D eigenvalue weighted by atomic mass is 35.5. The Balaban J connectivity index is 2.83. The second-order valence-corrected chi connectivity index (χ2v) is 6.78. The molecule has 0 aliphatic carbocycles. The van der Waals surface area contributed by atoms with Gasteiger partial charge in [0.1, 0.15) is 0 Å². The maximum atomic E-state index is 6.18. The van der Waals surface area contributed by atoms with Crippen molar-refractivity contribution >= 4 is 92.8 Å². The summed E-state index contributed by atoms with van der Waals surface area (Å²) in [5, 5.41) is 1.32. The lowest BCUT2D eigenvalue weighted by Crippen LogP contribution is -1.88. The SMILES string of the molecule is Cl[13c]1[13cH][13c](-[13c]2[13c](Cl)[13c](Cl)[13c](Cl)[13c](Cl)[13c]2Cl)[13cH][13c](Cl)[13c]1Cl. The van der Waals surface area contributed by atoms with E-state index >= 15 is 0 Å². The summed E-state index contributed by atoms with van der Waals surface area (Å²) in [7, 11) is 0. The van der Waals surface area contributed by atoms with Crippen LogP contribution >= 0.6 is 92.8 Å². The van der Waals surface area contributed by atoms with Gasteiger partial charge in [0.05, 0.1) is 40.2 Å². The molecule has 0 heterocycles. The van der Waals surface area contributed by atoms with Crippen LogP contribution in [-0.4, -0.2) is 0 Å². The van der Waals surface area contributed by atoms with Crippen LogP contribution in [0.25, 0.3) is 11.1 Å². The van der Waals surface area contributed by atoms with E-state index in [0.717, 1.165) is 0 Å². The maximum Gasteiger partial charge on any atom is 0.0809 e. The molecule has 0 fully saturated rings. The highest BCUT2D eigenvalue weighted by Gasteiger charge is 2.21. The van der Waals surface area contributed by atoms with Gasteiger partial charge in [-0.05, 0) is 17.7 Å². The molecule has 0 aliphatic rings. The van der Waals surface area contributed by atoms with Crippen molar-refractivity contribution in [2.24, 2.45) is 0 Å². The molecule has 0 aromatic heterocycles. The van der Waals surface area contributed by atoms with Crippen molar-refractivity contribution in [2.75, 3.05) is 0 Å². The molecule has 106 valence electrons. The monoisotopic (exact) mass is 438 g/mol. The third-order valence-electron chi connectivity index (χ3n) is 2.48. The van der Waals surface area contributed by atoms with Gasteiger partial charge in [-0.25, -0.2) is 0 Å². The van der Waals surface area contributed by atoms with Crippen LogP contribution in [0.4, 0.5) is 0 Å². The van der Waals surface area contributed by atoms with Gasteiger partial charge < -0.3 is 0 Å². The Hall–Kier alpha value is 0.760. The van der Waals surface area contributed by atoms with Crippen molar-refractivity contribution < 1.29 is 0 Å². The van der Waals surface area contributed by atoms with Crippen LogP contribution in [0.3, 0.4) is 0 Å². The molecule has 0 radical (unpaired) electrons. The molecule has 0 nitrogen and oxygen atoms in total. The normalized spacial score (nSPS) is 11.0. The predicted octanol–water partition coefficient (Wildman–Crippen LogP) is 8.58. The van der Waals surface area contributed by atoms with Crippen molar-refractivity contribution in [3.63, 3.8) is 0 Å². The predicted molar refractivity (Wildman–Crippen MR) is 92.0 cm³/mol. The van der Waals surface area contributed by atoms with Gasteiger partial charge in [-0.1, -0.05) is 92.8 Å². The molecule has 0 aliphatic heterocycles. The summed E-state index contributed by atoms with van der Waals surface area (Å²) in [6.45, 7) is 0. The first-order valence-electron chi connectivity index (χ1n) is 4.92. The fraction of sp³-hybridized carbons (Fsp3) is 0. The van der Waals surface area contributed by atoms with Gasteiger partial charge in [0.15, 0.2) is 0 Å². The highest BCUT2D eigenvalue weighted by molar-refractivity contribution is 6.56. The standard InChI is InChI=1S/C12H2Cl8/c13-4-1-3(2-5(14)7(4)15)6-8(16)10(18)12(20)11(19)9(6)17/h1-2H/i1+1,2+1,3+1,4+1,5+1,6+1,7+1,8+1,9+1,10+1,11+1,12+1. The molecule has 8 heteroatoms. The van der Waals surface area contributed by atoms with Crippen LogP contribution in [0, 0.1) is 0 Å². The van der Waals surface area contributed by atoms with E-state index in [1.54, 1.807) is 12.1 Å². The first kappa shape index (κ1) is 17.1. The van der Waals surface area contributed by atoms with Gasteiger partial charge in [0.2, 0.25) is 0 Å². The molecule has 0 bridgehead atoms. The van der Waals surface area contributed by atoms with Crippen LogP contribution < -0.4 is 0 Å². The van der Waals surface area contributed by atoms with Crippen LogP contribution in [0.5, 0.6) is 0 Å². The molecule has 0 spiro atoms. The van der Waals surface area contributed by atoms with Gasteiger partial charge in [0.25, 0.3) is 0 Å². The number of hydrogen-bond acceptors (Lipinski definition) is 0. The summed E-state index contributed by atoms with van der Waals surface area (Å²) in [6, 6.07) is 3.12. The Morgan fingerprint density at radius 1 is 0.450 bits per heavy atom. The summed E-state index contributed by atoms with van der Waals surface area (Å²) < 4.78 is 0. The van der Waals surface area contributed by atoms with E-state index in [4.69, 9.17) is 92.8 Å². The highest BCUT2D eigenvalue weighted by Crippen LogP contribution is 2.49. The molecule has 2 rings (SSSR count). The zero-order valence-corrected chi connectivity index (χ0v) is 15.2. The van der Waals surface area contributed by atoms with Crippen molar-refractivity contribution in [3.8, 4) is 11.1 Å². The van der Waals surface area contributed by atoms with E-state index in [0.29, 0.717) is 11.1 Å². The van der Waals surface area contributed by atoms with Gasteiger partial charge in [-0.2, -0.15) is 0 Å². The topological polar surface area (TPSA) is 0 Å². The summed E-state index contributed by atoms with van der Waals surface area (Å²) >= 11 is 48.2. The average Bonchev–Trinajstić information content (AvgIpc) is 2.40. The van der Waals surface area contributed by atoms with Crippen LogP contribution in [0.2, 0.25) is 40.2 Å². The second-order valence-electron chi connectivity index (χ2n) is 3.70. The van der Waals surface area contributed by atoms with Crippen LogP contribution in [-0.2, 0) is 0 Å². The largest absolute Gasteiger partial charge is 0.0826 e. The number of hydrogen-bond donors (Lipinski definition) is 0. The molecular weight excluding hydrogens is 440 g/mol. The molecule has 0 atom stereocenters. The number of rotatable bonds is 1. The molecule has 0 saturated heterocycles. The minimum absolute atomic E-state index is 0.0817. The van der Waals surface area contributed by atoms with Gasteiger partial charge in [0, 0.05) is 5.56 Å². The smallest absolute Gasteiger partial charge is 0.0809 e. The summed E-state index contributed by atoms with van der Waals surface area (Å²) in [4.78, 5) is 0. The molecule has 0 N–H and O–H groups in total. The Bertz CT molecular complexity index is 655. The van der Waals surface area contributed by atoms with E-state index in [2.05, 4.69) is 0 Å². The van der Waals surface area contributed by atoms with Gasteiger partial charge in [-0.15, -0.1) is 0 Å². The van der Waals surface area contributed by atoms with E-state index < -0.39 is 0 Å². The second kappa shape index (κ2) is 6.48. The lowest BCUT2D eigenvalue weighted by Gasteiger charge is -2.13. The molecule has 0 unspecified atom stereocenters. The minimum atomic E-state index is 0.0817. The molecule has 2 aromatic carbocycles. The van der Waals surface area contributed by atoms with E-state index in [-0.39, 0.29) is 40.2 Å². The van der Waals surface area contributed by atoms with Crippen molar-refractivity contribution in [3.05, 3.63) is 52.3 Å². The first-order valence-corrected chi connectivity index (χ1v) is 7.94. The third kappa shape index (κ3) is 2.95. The van der Waals surface area contributed by atoms with Crippen LogP contribution in [0.15, 0.2) is 12.1 Å². The molecule has 2 aromatic rings. The maximum absolute atomic E-state index is 6.18. The van der Waals surface area contributed by atoms with Crippen molar-refractivity contribution in [1.29, 1.82) is 0 Å². The number of benzene rings is 2. The van der Waals surface area contributed by atoms with E-state index in [1.165, 1.54) is 0 Å². The minimum Gasteiger partial charge on any atom is -0.0826 e. The average molecular weight is 442 g/mol. The molecule has 0 amide bonds. The quantitative estimate of drug-likeness (QED) is 0.307. The Morgan fingerprint density at radius 3 is 1.20 bits per heavy atom. The summed E-state index contributed by atoms with van der Waals surface area (Å²) in [5.74, 6) is 0. The van der Waals surface area contributed by atoms with Gasteiger partial charge >= 0.3 is 0 Å². The zero-order valence-electron chi connectivity index (χ0n) is 9.18. The number of halogens is 8. The first-order chi connectivity index (χ1) is 9.25. The van der Waals surface area contributed by atoms with Crippen molar-refractivity contribution in [2.45, 2.75) is 0 Å². The van der Waals surface area contributed by atoms with Crippen molar-refractivity contribution in [1.82, 2.24) is 0 Å². The Kier molecular flexibility index (Phi) is 5.55. The third-order valence-corrected chi connectivity index (χ3v) is 5.96. The summed E-state index contributed by atoms with van der Waals surface area (Å²) in [5.41, 5.74) is 0.910.